The van der Waals surface area contributed by atoms with Gasteiger partial charge in [0.2, 0.25) is 5.91 Å². The Kier molecular flexibility index (Phi) is 6.92. The van der Waals surface area contributed by atoms with Crippen LogP contribution in [0.2, 0.25) is 0 Å². The normalized spacial score (nSPS) is 15.8. The number of fused-ring (bicyclic) bond motifs is 2. The largest absolute Gasteiger partial charge is 0.371 e. The van der Waals surface area contributed by atoms with Crippen molar-refractivity contribution in [1.82, 2.24) is 19.6 Å². The number of carbonyl (C=O) groups excluding carboxylic acids is 3. The van der Waals surface area contributed by atoms with E-state index in [1.54, 1.807) is 17.4 Å². The van der Waals surface area contributed by atoms with Gasteiger partial charge in [0.05, 0.1) is 35.6 Å². The SMILES string of the molecule is Cc1cc(C)n(CCN2C(=O)c3cccc(N4CCC(C(=O)N(C)Cc5cc6ccccc6s5)CC4)c3C2=O)n1. The molecule has 1 fully saturated rings. The Morgan fingerprint density at radius 3 is 2.50 bits per heavy atom. The molecule has 2 aliphatic heterocycles. The van der Waals surface area contributed by atoms with E-state index < -0.39 is 0 Å². The van der Waals surface area contributed by atoms with Gasteiger partial charge in [-0.25, -0.2) is 0 Å². The molecule has 4 aromatic rings. The standard InChI is InChI=1S/C31H33N5O3S/c1-20-17-21(2)36(32-20)16-15-35-30(38)25-8-6-9-26(28(25)31(35)39)34-13-11-22(12-14-34)29(37)33(3)19-24-18-23-7-4-5-10-27(23)40-24/h4-10,17-18,22H,11-16,19H2,1-3H3. The van der Waals surface area contributed by atoms with Crippen molar-refractivity contribution in [2.24, 2.45) is 5.92 Å². The summed E-state index contributed by atoms with van der Waals surface area (Å²) in [5, 5.41) is 5.67. The lowest BCUT2D eigenvalue weighted by Gasteiger charge is -2.35. The van der Waals surface area contributed by atoms with Gasteiger partial charge in [-0.15, -0.1) is 11.3 Å². The molecule has 0 saturated carbocycles. The van der Waals surface area contributed by atoms with Crippen molar-refractivity contribution in [2.75, 3.05) is 31.6 Å². The minimum absolute atomic E-state index is 0.0537. The summed E-state index contributed by atoms with van der Waals surface area (Å²) in [7, 11) is 1.88. The van der Waals surface area contributed by atoms with Crippen molar-refractivity contribution < 1.29 is 14.4 Å². The van der Waals surface area contributed by atoms with Gasteiger partial charge in [0.15, 0.2) is 0 Å². The second-order valence-electron chi connectivity index (χ2n) is 10.8. The Bertz CT molecular complexity index is 1580. The van der Waals surface area contributed by atoms with E-state index in [9.17, 15) is 14.4 Å². The second kappa shape index (κ2) is 10.5. The molecule has 8 nitrogen and oxygen atoms in total. The van der Waals surface area contributed by atoms with Gasteiger partial charge < -0.3 is 9.80 Å². The van der Waals surface area contributed by atoms with Crippen LogP contribution in [0.4, 0.5) is 5.69 Å². The van der Waals surface area contributed by atoms with Gasteiger partial charge in [-0.3, -0.25) is 24.0 Å². The monoisotopic (exact) mass is 555 g/mol. The maximum Gasteiger partial charge on any atom is 0.263 e. The minimum Gasteiger partial charge on any atom is -0.371 e. The first-order valence-corrected chi connectivity index (χ1v) is 14.6. The maximum absolute atomic E-state index is 13.5. The lowest BCUT2D eigenvalue weighted by molar-refractivity contribution is -0.135. The quantitative estimate of drug-likeness (QED) is 0.304. The van der Waals surface area contributed by atoms with Crippen LogP contribution < -0.4 is 4.90 Å². The Labute approximate surface area is 237 Å². The summed E-state index contributed by atoms with van der Waals surface area (Å²) in [5.74, 6) is -0.395. The highest BCUT2D eigenvalue weighted by molar-refractivity contribution is 7.19. The summed E-state index contributed by atoms with van der Waals surface area (Å²) in [6.45, 7) is 6.57. The molecule has 2 aliphatic rings. The number of imide groups is 1. The molecule has 2 aromatic heterocycles. The van der Waals surface area contributed by atoms with Crippen LogP contribution in [0.15, 0.2) is 54.6 Å². The predicted molar refractivity (Wildman–Crippen MR) is 157 cm³/mol. The molecule has 0 spiro atoms. The molecular formula is C31H33N5O3S. The first kappa shape index (κ1) is 26.3. The predicted octanol–water partition coefficient (Wildman–Crippen LogP) is 4.89. The molecule has 40 heavy (non-hydrogen) atoms. The van der Waals surface area contributed by atoms with Crippen molar-refractivity contribution in [2.45, 2.75) is 39.8 Å². The average molecular weight is 556 g/mol. The van der Waals surface area contributed by atoms with Crippen molar-refractivity contribution in [3.63, 3.8) is 0 Å². The number of carbonyl (C=O) groups is 3. The third kappa shape index (κ3) is 4.79. The molecule has 206 valence electrons. The van der Waals surface area contributed by atoms with Gasteiger partial charge in [-0.05, 0) is 62.4 Å². The number of rotatable bonds is 7. The summed E-state index contributed by atoms with van der Waals surface area (Å²) in [6.07, 6.45) is 1.42. The van der Waals surface area contributed by atoms with Gasteiger partial charge in [0.1, 0.15) is 0 Å². The summed E-state index contributed by atoms with van der Waals surface area (Å²) in [4.78, 5) is 46.5. The molecule has 9 heteroatoms. The van der Waals surface area contributed by atoms with Crippen LogP contribution in [0.25, 0.3) is 10.1 Å². The van der Waals surface area contributed by atoms with E-state index in [2.05, 4.69) is 28.2 Å². The Hall–Kier alpha value is -3.98. The van der Waals surface area contributed by atoms with E-state index >= 15 is 0 Å². The third-order valence-corrected chi connectivity index (χ3v) is 9.15. The van der Waals surface area contributed by atoms with E-state index in [0.717, 1.165) is 17.1 Å². The fourth-order valence-electron chi connectivity index (χ4n) is 5.98. The highest BCUT2D eigenvalue weighted by Gasteiger charge is 2.39. The number of hydrogen-bond donors (Lipinski definition) is 0. The topological polar surface area (TPSA) is 78.8 Å². The molecule has 4 heterocycles. The highest BCUT2D eigenvalue weighted by Crippen LogP contribution is 2.34. The van der Waals surface area contributed by atoms with E-state index in [4.69, 9.17) is 0 Å². The molecule has 0 unspecified atom stereocenters. The molecule has 6 rings (SSSR count). The molecule has 0 radical (unpaired) electrons. The zero-order chi connectivity index (χ0) is 28.0. The first-order chi connectivity index (χ1) is 19.3. The summed E-state index contributed by atoms with van der Waals surface area (Å²) in [6, 6.07) is 17.9. The molecule has 2 aromatic carbocycles. The van der Waals surface area contributed by atoms with Crippen LogP contribution in [0.3, 0.4) is 0 Å². The lowest BCUT2D eigenvalue weighted by atomic mass is 9.94. The number of hydrogen-bond acceptors (Lipinski definition) is 6. The number of nitrogens with zero attached hydrogens (tertiary/aromatic N) is 5. The number of amides is 3. The van der Waals surface area contributed by atoms with Crippen LogP contribution >= 0.6 is 11.3 Å². The number of aryl methyl sites for hydroxylation is 2. The first-order valence-electron chi connectivity index (χ1n) is 13.8. The number of thiophene rings is 1. The molecular weight excluding hydrogens is 522 g/mol. The van der Waals surface area contributed by atoms with Crippen molar-refractivity contribution in [3.8, 4) is 0 Å². The number of anilines is 1. The molecule has 0 aliphatic carbocycles. The molecule has 1 saturated heterocycles. The second-order valence-corrected chi connectivity index (χ2v) is 12.0. The van der Waals surface area contributed by atoms with Crippen molar-refractivity contribution >= 4 is 44.8 Å². The summed E-state index contributed by atoms with van der Waals surface area (Å²) < 4.78 is 3.07. The molecule has 0 N–H and O–H groups in total. The van der Waals surface area contributed by atoms with Crippen LogP contribution in [0.1, 0.15) is 49.8 Å². The van der Waals surface area contributed by atoms with Gasteiger partial charge >= 0.3 is 0 Å². The van der Waals surface area contributed by atoms with Crippen LogP contribution in [0, 0.1) is 19.8 Å². The molecule has 0 atom stereocenters. The number of aromatic nitrogens is 2. The zero-order valence-corrected chi connectivity index (χ0v) is 23.9. The Morgan fingerprint density at radius 2 is 1.77 bits per heavy atom. The Morgan fingerprint density at radius 1 is 1.00 bits per heavy atom. The fourth-order valence-corrected chi connectivity index (χ4v) is 7.10. The third-order valence-electron chi connectivity index (χ3n) is 8.05. The zero-order valence-electron chi connectivity index (χ0n) is 23.1. The van der Waals surface area contributed by atoms with E-state index in [0.29, 0.717) is 50.1 Å². The van der Waals surface area contributed by atoms with E-state index in [1.165, 1.54) is 19.9 Å². The number of benzene rings is 2. The molecule has 3 amide bonds. The van der Waals surface area contributed by atoms with Crippen molar-refractivity contribution in [1.29, 1.82) is 0 Å². The smallest absolute Gasteiger partial charge is 0.263 e. The maximum atomic E-state index is 13.5. The summed E-state index contributed by atoms with van der Waals surface area (Å²) in [5.41, 5.74) is 3.63. The van der Waals surface area contributed by atoms with E-state index in [-0.39, 0.29) is 30.2 Å². The number of piperidine rings is 1. The van der Waals surface area contributed by atoms with Crippen molar-refractivity contribution in [3.05, 3.63) is 82.0 Å². The van der Waals surface area contributed by atoms with Gasteiger partial charge in [0.25, 0.3) is 11.8 Å². The molecule has 0 bridgehead atoms. The lowest BCUT2D eigenvalue weighted by Crippen LogP contribution is -2.41. The van der Waals surface area contributed by atoms with E-state index in [1.807, 2.05) is 60.8 Å². The average Bonchev–Trinajstić information content (AvgIpc) is 3.59. The van der Waals surface area contributed by atoms with Gasteiger partial charge in [-0.1, -0.05) is 24.3 Å². The van der Waals surface area contributed by atoms with Gasteiger partial charge in [0, 0.05) is 47.9 Å². The minimum atomic E-state index is -0.253. The highest BCUT2D eigenvalue weighted by atomic mass is 32.1. The van der Waals surface area contributed by atoms with Crippen LogP contribution in [0.5, 0.6) is 0 Å². The van der Waals surface area contributed by atoms with Crippen LogP contribution in [-0.4, -0.2) is 64.0 Å². The fraction of sp³-hybridized carbons (Fsp3) is 0.355. The van der Waals surface area contributed by atoms with Crippen LogP contribution in [-0.2, 0) is 17.9 Å². The van der Waals surface area contributed by atoms with Gasteiger partial charge in [-0.2, -0.15) is 5.10 Å². The summed E-state index contributed by atoms with van der Waals surface area (Å²) >= 11 is 1.73. The Balaban J connectivity index is 1.10.